The Morgan fingerprint density at radius 1 is 1.24 bits per heavy atom. The second kappa shape index (κ2) is 11.8. The third-order valence-corrected chi connectivity index (χ3v) is 6.99. The number of benzene rings is 2. The monoisotopic (exact) mass is 528 g/mol. The van der Waals surface area contributed by atoms with Crippen molar-refractivity contribution in [2.24, 2.45) is 11.8 Å². The highest BCUT2D eigenvalue weighted by atomic mass is 19.4. The van der Waals surface area contributed by atoms with Gasteiger partial charge in [-0.3, -0.25) is 14.7 Å². The first-order chi connectivity index (χ1) is 18.2. The SMILES string of the molecule is COc1ccc2nccc(C(F)CC[C@@H]3CCN(CC#Cc4cccc(C(F)(F)F)c4)C[C@@H]3C(=O)O)c2c1. The molecule has 0 spiro atoms. The van der Waals surface area contributed by atoms with Crippen LogP contribution in [0, 0.1) is 23.7 Å². The van der Waals surface area contributed by atoms with E-state index in [-0.39, 0.29) is 31.0 Å². The Morgan fingerprint density at radius 3 is 2.79 bits per heavy atom. The van der Waals surface area contributed by atoms with Crippen LogP contribution >= 0.6 is 0 Å². The Bertz CT molecular complexity index is 1350. The number of pyridine rings is 1. The van der Waals surface area contributed by atoms with Crippen molar-refractivity contribution >= 4 is 16.9 Å². The first-order valence-corrected chi connectivity index (χ1v) is 12.3. The van der Waals surface area contributed by atoms with Gasteiger partial charge in [0, 0.05) is 23.7 Å². The molecule has 0 amide bonds. The van der Waals surface area contributed by atoms with E-state index in [9.17, 15) is 23.1 Å². The van der Waals surface area contributed by atoms with E-state index >= 15 is 4.39 Å². The zero-order valence-electron chi connectivity index (χ0n) is 20.8. The lowest BCUT2D eigenvalue weighted by Crippen LogP contribution is -2.44. The third-order valence-electron chi connectivity index (χ3n) is 6.99. The lowest BCUT2D eigenvalue weighted by molar-refractivity contribution is -0.146. The molecule has 0 saturated carbocycles. The molecule has 4 rings (SSSR count). The Balaban J connectivity index is 1.37. The van der Waals surface area contributed by atoms with Crippen LogP contribution in [0.1, 0.15) is 42.1 Å². The number of halogens is 4. The van der Waals surface area contributed by atoms with Crippen molar-refractivity contribution in [1.29, 1.82) is 0 Å². The van der Waals surface area contributed by atoms with Crippen LogP contribution in [0.2, 0.25) is 0 Å². The summed E-state index contributed by atoms with van der Waals surface area (Å²) in [5.74, 6) is 4.39. The van der Waals surface area contributed by atoms with Crippen LogP contribution in [0.3, 0.4) is 0 Å². The number of fused-ring (bicyclic) bond motifs is 1. The van der Waals surface area contributed by atoms with Gasteiger partial charge in [-0.1, -0.05) is 17.9 Å². The summed E-state index contributed by atoms with van der Waals surface area (Å²) in [7, 11) is 1.54. The van der Waals surface area contributed by atoms with Crippen molar-refractivity contribution in [2.75, 3.05) is 26.7 Å². The van der Waals surface area contributed by atoms with Crippen LogP contribution in [0.25, 0.3) is 10.9 Å². The first kappa shape index (κ1) is 27.4. The van der Waals surface area contributed by atoms with E-state index in [0.717, 1.165) is 12.1 Å². The molecule has 200 valence electrons. The maximum Gasteiger partial charge on any atom is 0.416 e. The fourth-order valence-electron chi connectivity index (χ4n) is 4.93. The molecule has 1 aliphatic heterocycles. The number of aliphatic carboxylic acids is 1. The average Bonchev–Trinajstić information content (AvgIpc) is 2.91. The molecule has 1 N–H and O–H groups in total. The highest BCUT2D eigenvalue weighted by Crippen LogP contribution is 2.35. The Kier molecular flexibility index (Phi) is 8.52. The molecule has 1 aliphatic rings. The van der Waals surface area contributed by atoms with Gasteiger partial charge in [0.1, 0.15) is 11.9 Å². The van der Waals surface area contributed by atoms with Gasteiger partial charge in [-0.05, 0) is 79.8 Å². The molecule has 1 unspecified atom stereocenters. The van der Waals surface area contributed by atoms with Gasteiger partial charge in [0.25, 0.3) is 0 Å². The Labute approximate surface area is 218 Å². The molecule has 3 atom stereocenters. The summed E-state index contributed by atoms with van der Waals surface area (Å²) in [4.78, 5) is 18.2. The molecule has 5 nitrogen and oxygen atoms in total. The fourth-order valence-corrected chi connectivity index (χ4v) is 4.93. The number of carbonyl (C=O) groups is 1. The Morgan fingerprint density at radius 2 is 2.05 bits per heavy atom. The highest BCUT2D eigenvalue weighted by Gasteiger charge is 2.34. The van der Waals surface area contributed by atoms with Crippen molar-refractivity contribution < 1.29 is 32.2 Å². The van der Waals surface area contributed by atoms with Gasteiger partial charge in [0.15, 0.2) is 0 Å². The van der Waals surface area contributed by atoms with Crippen molar-refractivity contribution in [3.8, 4) is 17.6 Å². The predicted octanol–water partition coefficient (Wildman–Crippen LogP) is 6.13. The topological polar surface area (TPSA) is 62.7 Å². The average molecular weight is 529 g/mol. The molecule has 0 radical (unpaired) electrons. The van der Waals surface area contributed by atoms with E-state index in [1.165, 1.54) is 12.1 Å². The normalized spacial score (nSPS) is 19.0. The van der Waals surface area contributed by atoms with E-state index in [1.54, 1.807) is 37.6 Å². The second-order valence-electron chi connectivity index (χ2n) is 9.44. The number of piperidine rings is 1. The van der Waals surface area contributed by atoms with Gasteiger partial charge in [-0.25, -0.2) is 4.39 Å². The number of ether oxygens (including phenoxy) is 1. The van der Waals surface area contributed by atoms with Crippen molar-refractivity contribution in [3.05, 3.63) is 71.4 Å². The molecule has 2 heterocycles. The van der Waals surface area contributed by atoms with Crippen LogP contribution in [0.5, 0.6) is 5.75 Å². The van der Waals surface area contributed by atoms with Gasteiger partial charge in [-0.15, -0.1) is 0 Å². The number of hydrogen-bond acceptors (Lipinski definition) is 4. The van der Waals surface area contributed by atoms with Gasteiger partial charge >= 0.3 is 12.1 Å². The summed E-state index contributed by atoms with van der Waals surface area (Å²) in [6, 6.07) is 11.7. The number of likely N-dealkylation sites (tertiary alicyclic amines) is 1. The third kappa shape index (κ3) is 6.62. The van der Waals surface area contributed by atoms with Crippen LogP contribution in [-0.4, -0.2) is 47.7 Å². The predicted molar refractivity (Wildman–Crippen MR) is 135 cm³/mol. The molecule has 3 aromatic rings. The first-order valence-electron chi connectivity index (χ1n) is 12.3. The fraction of sp³-hybridized carbons (Fsp3) is 0.379. The molecule has 38 heavy (non-hydrogen) atoms. The summed E-state index contributed by atoms with van der Waals surface area (Å²) in [6.45, 7) is 1.07. The largest absolute Gasteiger partial charge is 0.497 e. The van der Waals surface area contributed by atoms with E-state index in [4.69, 9.17) is 4.74 Å². The molecular weight excluding hydrogens is 500 g/mol. The van der Waals surface area contributed by atoms with E-state index < -0.39 is 29.8 Å². The summed E-state index contributed by atoms with van der Waals surface area (Å²) < 4.78 is 59.3. The summed E-state index contributed by atoms with van der Waals surface area (Å²) >= 11 is 0. The van der Waals surface area contributed by atoms with E-state index in [0.29, 0.717) is 41.6 Å². The zero-order valence-corrected chi connectivity index (χ0v) is 20.8. The van der Waals surface area contributed by atoms with Crippen LogP contribution in [-0.2, 0) is 11.0 Å². The Hall–Kier alpha value is -3.64. The van der Waals surface area contributed by atoms with Crippen molar-refractivity contribution in [1.82, 2.24) is 9.88 Å². The minimum absolute atomic E-state index is 0.181. The van der Waals surface area contributed by atoms with E-state index in [1.807, 2.05) is 4.90 Å². The standard InChI is InChI=1S/C29H28F4N2O3/c1-38-22-8-10-27-24(17-22)23(11-13-34-27)26(30)9-7-20-12-15-35(18-25(20)28(36)37)14-3-5-19-4-2-6-21(16-19)29(31,32)33/h2,4,6,8,10-11,13,16-17,20,25-26H,7,9,12,14-15,18H2,1H3,(H,36,37)/t20-,25+,26?/m1/s1. The van der Waals surface area contributed by atoms with Crippen molar-refractivity contribution in [3.63, 3.8) is 0 Å². The molecule has 2 aromatic carbocycles. The van der Waals surface area contributed by atoms with Crippen molar-refractivity contribution in [2.45, 2.75) is 31.6 Å². The number of nitrogens with zero attached hydrogens (tertiary/aromatic N) is 2. The van der Waals surface area contributed by atoms with Gasteiger partial charge in [-0.2, -0.15) is 13.2 Å². The molecule has 9 heteroatoms. The number of carboxylic acid groups (broad SMARTS) is 1. The van der Waals surface area contributed by atoms with Crippen LogP contribution < -0.4 is 4.74 Å². The lowest BCUT2D eigenvalue weighted by Gasteiger charge is -2.35. The number of methoxy groups -OCH3 is 1. The van der Waals surface area contributed by atoms with E-state index in [2.05, 4.69) is 16.8 Å². The molecule has 1 saturated heterocycles. The number of carboxylic acids is 1. The second-order valence-corrected chi connectivity index (χ2v) is 9.44. The van der Waals surface area contributed by atoms with Crippen LogP contribution in [0.4, 0.5) is 17.6 Å². The quantitative estimate of drug-likeness (QED) is 0.295. The number of rotatable bonds is 7. The minimum Gasteiger partial charge on any atom is -0.497 e. The smallest absolute Gasteiger partial charge is 0.416 e. The van der Waals surface area contributed by atoms with Gasteiger partial charge in [0.2, 0.25) is 0 Å². The maximum absolute atomic E-state index is 15.4. The number of hydrogen-bond donors (Lipinski definition) is 1. The minimum atomic E-state index is -4.44. The number of aromatic nitrogens is 1. The summed E-state index contributed by atoms with van der Waals surface area (Å²) in [5.41, 5.74) is 0.651. The molecule has 1 aromatic heterocycles. The molecule has 0 aliphatic carbocycles. The molecular formula is C29H28F4N2O3. The highest BCUT2D eigenvalue weighted by molar-refractivity contribution is 5.83. The summed E-state index contributed by atoms with van der Waals surface area (Å²) in [5, 5.41) is 10.5. The van der Waals surface area contributed by atoms with Crippen LogP contribution in [0.15, 0.2) is 54.7 Å². The zero-order chi connectivity index (χ0) is 27.3. The lowest BCUT2D eigenvalue weighted by atomic mass is 9.81. The number of alkyl halides is 4. The molecule has 1 fully saturated rings. The van der Waals surface area contributed by atoms with Gasteiger partial charge < -0.3 is 9.84 Å². The molecule has 0 bridgehead atoms. The van der Waals surface area contributed by atoms with Gasteiger partial charge in [0.05, 0.1) is 30.7 Å². The maximum atomic E-state index is 15.4. The summed E-state index contributed by atoms with van der Waals surface area (Å²) in [6.07, 6.45) is -2.99.